The van der Waals surface area contributed by atoms with E-state index in [1.54, 1.807) is 6.08 Å². The number of hydrogen-bond acceptors (Lipinski definition) is 1. The largest absolute Gasteiger partial charge is 0.393 e. The van der Waals surface area contributed by atoms with Crippen LogP contribution in [-0.2, 0) is 0 Å². The zero-order valence-electron chi connectivity index (χ0n) is 4.97. The molecule has 1 N–H and O–H groups in total. The molecule has 0 aliphatic carbocycles. The van der Waals surface area contributed by atoms with E-state index in [9.17, 15) is 0 Å². The molecule has 2 heteroatoms. The van der Waals surface area contributed by atoms with E-state index in [1.807, 2.05) is 6.92 Å². The lowest BCUT2D eigenvalue weighted by Gasteiger charge is -1.99. The van der Waals surface area contributed by atoms with Crippen LogP contribution in [0.1, 0.15) is 19.8 Å². The van der Waals surface area contributed by atoms with Gasteiger partial charge in [-0.1, -0.05) is 24.6 Å². The average Bonchev–Trinajstić information content (AvgIpc) is 1.83. The van der Waals surface area contributed by atoms with Gasteiger partial charge in [0.1, 0.15) is 0 Å². The molecule has 0 aliphatic rings. The van der Waals surface area contributed by atoms with Crippen molar-refractivity contribution in [1.82, 2.24) is 0 Å². The summed E-state index contributed by atoms with van der Waals surface area (Å²) in [6.07, 6.45) is 2.99. The second kappa shape index (κ2) is 5.13. The maximum absolute atomic E-state index is 8.88. The molecule has 1 atom stereocenters. The van der Waals surface area contributed by atoms with Gasteiger partial charge in [-0.25, -0.2) is 0 Å². The fourth-order valence-corrected chi connectivity index (χ4v) is 0.478. The third-order valence-corrected chi connectivity index (χ3v) is 1.15. The van der Waals surface area contributed by atoms with Gasteiger partial charge in [-0.15, -0.1) is 0 Å². The summed E-state index contributed by atoms with van der Waals surface area (Å²) < 4.78 is 0. The predicted octanol–water partition coefficient (Wildman–Crippen LogP) is 1.90. The van der Waals surface area contributed by atoms with Gasteiger partial charge in [0.15, 0.2) is 0 Å². The summed E-state index contributed by atoms with van der Waals surface area (Å²) in [6.45, 7) is 1.94. The van der Waals surface area contributed by atoms with E-state index in [0.29, 0.717) is 6.42 Å². The van der Waals surface area contributed by atoms with Crippen molar-refractivity contribution in [2.24, 2.45) is 0 Å². The predicted molar refractivity (Wildman–Crippen MR) is 35.9 cm³/mol. The Bertz CT molecular complexity index is 70.9. The van der Waals surface area contributed by atoms with E-state index in [1.165, 1.54) is 5.54 Å². The molecular weight excluding hydrogens is 124 g/mol. The molecule has 0 amide bonds. The van der Waals surface area contributed by atoms with E-state index in [4.69, 9.17) is 16.7 Å². The molecule has 0 unspecified atom stereocenters. The standard InChI is InChI=1S/C6H11ClO/c1-2-6(8)4-3-5-7/h3,5-6,8H,2,4H2,1H3/b5-3+/t6-/m1/s1. The first-order valence-electron chi connectivity index (χ1n) is 2.74. The molecule has 0 saturated heterocycles. The van der Waals surface area contributed by atoms with Crippen molar-refractivity contribution in [2.75, 3.05) is 0 Å². The van der Waals surface area contributed by atoms with Gasteiger partial charge >= 0.3 is 0 Å². The SMILES string of the molecule is CC[C@@H](O)C/C=C/Cl. The highest BCUT2D eigenvalue weighted by Crippen LogP contribution is 1.97. The first-order chi connectivity index (χ1) is 3.81. The summed E-state index contributed by atoms with van der Waals surface area (Å²) in [5.74, 6) is 0. The van der Waals surface area contributed by atoms with E-state index < -0.39 is 0 Å². The van der Waals surface area contributed by atoms with Crippen molar-refractivity contribution in [3.8, 4) is 0 Å². The van der Waals surface area contributed by atoms with Crippen molar-refractivity contribution < 1.29 is 5.11 Å². The summed E-state index contributed by atoms with van der Waals surface area (Å²) in [5, 5.41) is 8.88. The smallest absolute Gasteiger partial charge is 0.0572 e. The highest BCUT2D eigenvalue weighted by atomic mass is 35.5. The zero-order chi connectivity index (χ0) is 6.41. The highest BCUT2D eigenvalue weighted by molar-refractivity contribution is 6.25. The molecule has 0 aliphatic heterocycles. The van der Waals surface area contributed by atoms with E-state index in [-0.39, 0.29) is 6.10 Å². The quantitative estimate of drug-likeness (QED) is 0.625. The number of aliphatic hydroxyl groups is 1. The number of aliphatic hydroxyl groups excluding tert-OH is 1. The molecule has 1 nitrogen and oxygen atoms in total. The van der Waals surface area contributed by atoms with Gasteiger partial charge in [0, 0.05) is 5.54 Å². The maximum Gasteiger partial charge on any atom is 0.0572 e. The summed E-state index contributed by atoms with van der Waals surface area (Å²) in [7, 11) is 0. The summed E-state index contributed by atoms with van der Waals surface area (Å²) >= 11 is 5.21. The van der Waals surface area contributed by atoms with Gasteiger partial charge in [-0.05, 0) is 12.8 Å². The van der Waals surface area contributed by atoms with Gasteiger partial charge in [0.05, 0.1) is 6.10 Å². The Morgan fingerprint density at radius 2 is 2.38 bits per heavy atom. The van der Waals surface area contributed by atoms with Crippen LogP contribution >= 0.6 is 11.6 Å². The van der Waals surface area contributed by atoms with Crippen LogP contribution in [0.4, 0.5) is 0 Å². The second-order valence-electron chi connectivity index (χ2n) is 1.66. The summed E-state index contributed by atoms with van der Waals surface area (Å²) in [6, 6.07) is 0. The van der Waals surface area contributed by atoms with Gasteiger partial charge in [0.2, 0.25) is 0 Å². The molecule has 0 aromatic heterocycles. The van der Waals surface area contributed by atoms with Crippen LogP contribution < -0.4 is 0 Å². The van der Waals surface area contributed by atoms with Crippen molar-refractivity contribution in [1.29, 1.82) is 0 Å². The zero-order valence-corrected chi connectivity index (χ0v) is 5.73. The lowest BCUT2D eigenvalue weighted by atomic mass is 10.2. The van der Waals surface area contributed by atoms with E-state index in [2.05, 4.69) is 0 Å². The Kier molecular flexibility index (Phi) is 5.13. The lowest BCUT2D eigenvalue weighted by molar-refractivity contribution is 0.174. The second-order valence-corrected chi connectivity index (χ2v) is 1.91. The molecular formula is C6H11ClO. The molecule has 0 aromatic carbocycles. The van der Waals surface area contributed by atoms with E-state index >= 15 is 0 Å². The third kappa shape index (κ3) is 4.16. The Morgan fingerprint density at radius 3 is 2.75 bits per heavy atom. The molecule has 0 rings (SSSR count). The maximum atomic E-state index is 8.88. The topological polar surface area (TPSA) is 20.2 Å². The third-order valence-electron chi connectivity index (χ3n) is 0.968. The van der Waals surface area contributed by atoms with Gasteiger partial charge in [-0.3, -0.25) is 0 Å². The molecule has 0 saturated carbocycles. The molecule has 8 heavy (non-hydrogen) atoms. The molecule has 0 radical (unpaired) electrons. The number of hydrogen-bond donors (Lipinski definition) is 1. The fraction of sp³-hybridized carbons (Fsp3) is 0.667. The van der Waals surface area contributed by atoms with Crippen LogP contribution in [0.15, 0.2) is 11.6 Å². The minimum absolute atomic E-state index is 0.218. The van der Waals surface area contributed by atoms with Crippen LogP contribution in [-0.4, -0.2) is 11.2 Å². The Hall–Kier alpha value is -0.0100. The Balaban J connectivity index is 3.10. The van der Waals surface area contributed by atoms with Crippen molar-refractivity contribution in [2.45, 2.75) is 25.9 Å². The molecule has 0 heterocycles. The van der Waals surface area contributed by atoms with Crippen molar-refractivity contribution in [3.63, 3.8) is 0 Å². The van der Waals surface area contributed by atoms with Crippen molar-refractivity contribution in [3.05, 3.63) is 11.6 Å². The van der Waals surface area contributed by atoms with Crippen LogP contribution in [0.25, 0.3) is 0 Å². The summed E-state index contributed by atoms with van der Waals surface area (Å²) in [4.78, 5) is 0. The molecule has 48 valence electrons. The monoisotopic (exact) mass is 134 g/mol. The van der Waals surface area contributed by atoms with Crippen LogP contribution in [0.5, 0.6) is 0 Å². The minimum atomic E-state index is -0.218. The Labute approximate surface area is 55.0 Å². The normalized spacial score (nSPS) is 14.9. The first kappa shape index (κ1) is 7.99. The minimum Gasteiger partial charge on any atom is -0.393 e. The molecule has 0 spiro atoms. The molecule has 0 fully saturated rings. The lowest BCUT2D eigenvalue weighted by Crippen LogP contribution is -2.00. The average molecular weight is 135 g/mol. The van der Waals surface area contributed by atoms with Gasteiger partial charge < -0.3 is 5.11 Å². The highest BCUT2D eigenvalue weighted by Gasteiger charge is 1.93. The van der Waals surface area contributed by atoms with Crippen LogP contribution in [0, 0.1) is 0 Å². The molecule has 0 bridgehead atoms. The number of rotatable bonds is 3. The summed E-state index contributed by atoms with van der Waals surface area (Å²) in [5.41, 5.74) is 1.43. The number of halogens is 1. The Morgan fingerprint density at radius 1 is 1.75 bits per heavy atom. The van der Waals surface area contributed by atoms with Gasteiger partial charge in [0.25, 0.3) is 0 Å². The molecule has 0 aromatic rings. The van der Waals surface area contributed by atoms with Gasteiger partial charge in [-0.2, -0.15) is 0 Å². The fourth-order valence-electron chi connectivity index (χ4n) is 0.375. The van der Waals surface area contributed by atoms with Crippen molar-refractivity contribution >= 4 is 11.6 Å². The van der Waals surface area contributed by atoms with Crippen LogP contribution in [0.2, 0.25) is 0 Å². The van der Waals surface area contributed by atoms with E-state index in [0.717, 1.165) is 6.42 Å². The first-order valence-corrected chi connectivity index (χ1v) is 3.18. The van der Waals surface area contributed by atoms with Crippen LogP contribution in [0.3, 0.4) is 0 Å².